The Labute approximate surface area is 363 Å². The van der Waals surface area contributed by atoms with Crippen LogP contribution in [0.4, 0.5) is 34.1 Å². The Balaban J connectivity index is 1.12. The van der Waals surface area contributed by atoms with E-state index in [0.29, 0.717) is 0 Å². The second-order valence-corrected chi connectivity index (χ2v) is 16.8. The number of anilines is 6. The average molecular weight is 811 g/mol. The largest absolute Gasteiger partial charge is 0.456 e. The predicted octanol–water partition coefficient (Wildman–Crippen LogP) is 17.4. The molecule has 0 bridgehead atoms. The normalized spacial score (nSPS) is 11.5. The highest BCUT2D eigenvalue weighted by atomic mass is 32.1. The van der Waals surface area contributed by atoms with E-state index in [1.165, 1.54) is 42.1 Å². The quantitative estimate of drug-likeness (QED) is 0.152. The lowest BCUT2D eigenvalue weighted by Crippen LogP contribution is -2.10. The zero-order valence-corrected chi connectivity index (χ0v) is 34.5. The van der Waals surface area contributed by atoms with Gasteiger partial charge >= 0.3 is 0 Å². The number of nitrogens with zero attached hydrogens (tertiary/aromatic N) is 2. The van der Waals surface area contributed by atoms with E-state index in [0.717, 1.165) is 67.2 Å². The summed E-state index contributed by atoms with van der Waals surface area (Å²) in [5.74, 6) is 0. The first-order chi connectivity index (χ1) is 30.7. The highest BCUT2D eigenvalue weighted by Gasteiger charge is 2.23. The molecule has 0 spiro atoms. The first-order valence-corrected chi connectivity index (χ1v) is 21.8. The molecular weight excluding hydrogens is 773 g/mol. The van der Waals surface area contributed by atoms with Gasteiger partial charge in [-0.25, -0.2) is 0 Å². The third kappa shape index (κ3) is 6.20. The molecule has 0 amide bonds. The first-order valence-electron chi connectivity index (χ1n) is 21.0. The Morgan fingerprint density at radius 3 is 1.61 bits per heavy atom. The van der Waals surface area contributed by atoms with Crippen LogP contribution in [0.1, 0.15) is 0 Å². The average Bonchev–Trinajstić information content (AvgIpc) is 3.90. The van der Waals surface area contributed by atoms with E-state index in [1.54, 1.807) is 0 Å². The molecule has 0 radical (unpaired) electrons. The van der Waals surface area contributed by atoms with E-state index in [-0.39, 0.29) is 0 Å². The van der Waals surface area contributed by atoms with Crippen molar-refractivity contribution in [1.82, 2.24) is 0 Å². The van der Waals surface area contributed by atoms with E-state index in [1.807, 2.05) is 11.3 Å². The van der Waals surface area contributed by atoms with Gasteiger partial charge in [0.2, 0.25) is 0 Å². The molecule has 0 unspecified atom stereocenters. The maximum absolute atomic E-state index is 6.98. The van der Waals surface area contributed by atoms with Crippen molar-refractivity contribution in [3.05, 3.63) is 231 Å². The van der Waals surface area contributed by atoms with Crippen molar-refractivity contribution < 1.29 is 4.42 Å². The molecule has 0 aliphatic rings. The van der Waals surface area contributed by atoms with Gasteiger partial charge in [0.05, 0.1) is 5.69 Å². The second kappa shape index (κ2) is 15.0. The number of hydrogen-bond donors (Lipinski definition) is 0. The van der Waals surface area contributed by atoms with Gasteiger partial charge in [-0.1, -0.05) is 140 Å². The van der Waals surface area contributed by atoms with Crippen molar-refractivity contribution in [2.24, 2.45) is 0 Å². The van der Waals surface area contributed by atoms with Crippen LogP contribution >= 0.6 is 11.3 Å². The SMILES string of the molecule is c1ccc(-c2ccc(N(c3cc(-c4cccc5ccccc45)c4c(c3)oc3ccc(N(c5ccccc5)c5ccccc5)cc34)c3ccc4sc5ccccc5c4c3)cc2)cc1. The summed E-state index contributed by atoms with van der Waals surface area (Å²) in [7, 11) is 0. The van der Waals surface area contributed by atoms with Crippen LogP contribution in [0.3, 0.4) is 0 Å². The third-order valence-corrected chi connectivity index (χ3v) is 13.2. The van der Waals surface area contributed by atoms with E-state index < -0.39 is 0 Å². The zero-order chi connectivity index (χ0) is 41.0. The summed E-state index contributed by atoms with van der Waals surface area (Å²) >= 11 is 1.84. The number of fused-ring (bicyclic) bond motifs is 7. The smallest absolute Gasteiger partial charge is 0.138 e. The number of para-hydroxylation sites is 2. The van der Waals surface area contributed by atoms with Crippen LogP contribution in [-0.2, 0) is 0 Å². The molecular formula is C58H38N2OS. The number of hydrogen-bond acceptors (Lipinski definition) is 4. The van der Waals surface area contributed by atoms with Crippen LogP contribution in [0.5, 0.6) is 0 Å². The number of benzene rings is 10. The van der Waals surface area contributed by atoms with Crippen molar-refractivity contribution in [2.45, 2.75) is 0 Å². The van der Waals surface area contributed by atoms with Gasteiger partial charge in [-0.05, 0) is 118 Å². The lowest BCUT2D eigenvalue weighted by atomic mass is 9.93. The Hall–Kier alpha value is -7.92. The van der Waals surface area contributed by atoms with Gasteiger partial charge in [0.1, 0.15) is 11.2 Å². The van der Waals surface area contributed by atoms with Crippen molar-refractivity contribution in [2.75, 3.05) is 9.80 Å². The van der Waals surface area contributed by atoms with Gasteiger partial charge in [-0.3, -0.25) is 0 Å². The molecule has 292 valence electrons. The molecule has 0 atom stereocenters. The fraction of sp³-hybridized carbons (Fsp3) is 0. The van der Waals surface area contributed by atoms with Crippen molar-refractivity contribution in [3.8, 4) is 22.3 Å². The lowest BCUT2D eigenvalue weighted by molar-refractivity contribution is 0.669. The van der Waals surface area contributed by atoms with Crippen molar-refractivity contribution in [1.29, 1.82) is 0 Å². The van der Waals surface area contributed by atoms with Gasteiger partial charge in [0, 0.05) is 65.4 Å². The summed E-state index contributed by atoms with van der Waals surface area (Å²) in [5.41, 5.74) is 12.7. The molecule has 3 nitrogen and oxygen atoms in total. The molecule has 12 aromatic rings. The number of thiophene rings is 1. The maximum Gasteiger partial charge on any atom is 0.138 e. The molecule has 0 saturated heterocycles. The molecule has 4 heteroatoms. The number of rotatable bonds is 8. The third-order valence-electron chi connectivity index (χ3n) is 12.0. The standard InChI is InChI=1S/C58H38N2OS/c1-4-15-39(16-5-1)40-27-29-44(30-28-40)60(46-32-34-57-51(35-46)50-24-12-13-26-56(50)62-57)47-37-52(49-25-14-18-41-17-10-11-23-48(41)49)58-53-36-45(31-33-54(53)61-55(58)38-47)59(42-19-6-2-7-20-42)43-21-8-3-9-22-43/h1-38H. The Morgan fingerprint density at radius 2 is 0.855 bits per heavy atom. The van der Waals surface area contributed by atoms with Gasteiger partial charge in [-0.2, -0.15) is 0 Å². The molecule has 0 fully saturated rings. The van der Waals surface area contributed by atoms with Crippen LogP contribution in [-0.4, -0.2) is 0 Å². The van der Waals surface area contributed by atoms with E-state index in [4.69, 9.17) is 4.42 Å². The minimum Gasteiger partial charge on any atom is -0.456 e. The van der Waals surface area contributed by atoms with E-state index >= 15 is 0 Å². The van der Waals surface area contributed by atoms with Gasteiger partial charge in [0.25, 0.3) is 0 Å². The van der Waals surface area contributed by atoms with E-state index in [2.05, 4.69) is 240 Å². The molecule has 0 aliphatic heterocycles. The molecule has 0 N–H and O–H groups in total. The van der Waals surface area contributed by atoms with Gasteiger partial charge in [0.15, 0.2) is 0 Å². The van der Waals surface area contributed by atoms with Crippen LogP contribution in [0.15, 0.2) is 235 Å². The molecule has 0 aliphatic carbocycles. The maximum atomic E-state index is 6.98. The van der Waals surface area contributed by atoms with E-state index in [9.17, 15) is 0 Å². The summed E-state index contributed by atoms with van der Waals surface area (Å²) < 4.78 is 9.55. The molecule has 12 rings (SSSR count). The highest BCUT2D eigenvalue weighted by Crippen LogP contribution is 2.48. The minimum absolute atomic E-state index is 0.830. The lowest BCUT2D eigenvalue weighted by Gasteiger charge is -2.27. The van der Waals surface area contributed by atoms with Gasteiger partial charge < -0.3 is 14.2 Å². The number of furan rings is 1. The monoisotopic (exact) mass is 810 g/mol. The van der Waals surface area contributed by atoms with Crippen LogP contribution in [0, 0.1) is 0 Å². The molecule has 2 aromatic heterocycles. The van der Waals surface area contributed by atoms with Crippen molar-refractivity contribution >= 4 is 98.3 Å². The zero-order valence-electron chi connectivity index (χ0n) is 33.7. The van der Waals surface area contributed by atoms with Crippen LogP contribution in [0.2, 0.25) is 0 Å². The first kappa shape index (κ1) is 36.0. The van der Waals surface area contributed by atoms with Crippen LogP contribution < -0.4 is 9.80 Å². The minimum atomic E-state index is 0.830. The summed E-state index contributed by atoms with van der Waals surface area (Å²) in [5, 5.41) is 7.06. The Bertz CT molecular complexity index is 3530. The fourth-order valence-corrected chi connectivity index (χ4v) is 10.2. The summed E-state index contributed by atoms with van der Waals surface area (Å²) in [6.45, 7) is 0. The highest BCUT2D eigenvalue weighted by molar-refractivity contribution is 7.25. The fourth-order valence-electron chi connectivity index (χ4n) is 9.16. The summed E-state index contributed by atoms with van der Waals surface area (Å²) in [4.78, 5) is 4.70. The predicted molar refractivity (Wildman–Crippen MR) is 264 cm³/mol. The second-order valence-electron chi connectivity index (χ2n) is 15.7. The summed E-state index contributed by atoms with van der Waals surface area (Å²) in [6, 6.07) is 82.8. The Morgan fingerprint density at radius 1 is 0.306 bits per heavy atom. The summed E-state index contributed by atoms with van der Waals surface area (Å²) in [6.07, 6.45) is 0. The molecule has 10 aromatic carbocycles. The topological polar surface area (TPSA) is 19.6 Å². The van der Waals surface area contributed by atoms with Crippen molar-refractivity contribution in [3.63, 3.8) is 0 Å². The van der Waals surface area contributed by atoms with Gasteiger partial charge in [-0.15, -0.1) is 11.3 Å². The molecule has 2 heterocycles. The molecule has 62 heavy (non-hydrogen) atoms. The Kier molecular flexibility index (Phi) is 8.68. The van der Waals surface area contributed by atoms with Crippen LogP contribution in [0.25, 0.3) is 75.1 Å². The molecule has 0 saturated carbocycles.